The molecule has 0 atom stereocenters. The van der Waals surface area contributed by atoms with Gasteiger partial charge in [-0.25, -0.2) is 0 Å². The van der Waals surface area contributed by atoms with Gasteiger partial charge >= 0.3 is 0 Å². The summed E-state index contributed by atoms with van der Waals surface area (Å²) in [7, 11) is 0.690. The SMILES string of the molecule is CCC(C)(C)[Si]OCC12CC3CC(CC(C3)C1)C2. The molecule has 2 radical (unpaired) electrons. The summed E-state index contributed by atoms with van der Waals surface area (Å²) in [5.74, 6) is 3.17. The molecule has 0 unspecified atom stereocenters. The first-order chi connectivity index (χ1) is 8.50. The van der Waals surface area contributed by atoms with Crippen LogP contribution in [0, 0.1) is 23.2 Å². The van der Waals surface area contributed by atoms with Gasteiger partial charge in [-0.05, 0) is 66.7 Å². The summed E-state index contributed by atoms with van der Waals surface area (Å²) >= 11 is 0. The zero-order chi connectivity index (χ0) is 12.8. The molecule has 18 heavy (non-hydrogen) atoms. The Labute approximate surface area is 115 Å². The van der Waals surface area contributed by atoms with Gasteiger partial charge in [-0.15, -0.1) is 0 Å². The first kappa shape index (κ1) is 13.2. The third-order valence-corrected chi connectivity index (χ3v) is 6.97. The highest BCUT2D eigenvalue weighted by Crippen LogP contribution is 2.60. The zero-order valence-electron chi connectivity index (χ0n) is 12.3. The van der Waals surface area contributed by atoms with Crippen LogP contribution in [0.25, 0.3) is 0 Å². The maximum Gasteiger partial charge on any atom is 0.235 e. The van der Waals surface area contributed by atoms with Crippen LogP contribution >= 0.6 is 0 Å². The van der Waals surface area contributed by atoms with Crippen molar-refractivity contribution in [2.24, 2.45) is 23.2 Å². The van der Waals surface area contributed by atoms with E-state index >= 15 is 0 Å². The van der Waals surface area contributed by atoms with Crippen LogP contribution in [-0.4, -0.2) is 16.4 Å². The molecular weight excluding hydrogens is 236 g/mol. The van der Waals surface area contributed by atoms with Crippen LogP contribution in [0.15, 0.2) is 0 Å². The molecule has 0 saturated heterocycles. The molecule has 0 aromatic heterocycles. The summed E-state index contributed by atoms with van der Waals surface area (Å²) in [4.78, 5) is 0. The standard InChI is InChI=1S/C16H28OSi/c1-4-15(2,3)18-17-11-16-8-12-5-13(9-16)7-14(6-12)10-16/h12-14H,4-11H2,1-3H3. The van der Waals surface area contributed by atoms with Crippen LogP contribution in [0.4, 0.5) is 0 Å². The molecule has 4 saturated carbocycles. The second-order valence-electron chi connectivity index (χ2n) is 8.05. The number of rotatable bonds is 5. The molecule has 0 aromatic rings. The summed E-state index contributed by atoms with van der Waals surface area (Å²) < 4.78 is 6.20. The lowest BCUT2D eigenvalue weighted by Gasteiger charge is -2.56. The van der Waals surface area contributed by atoms with Gasteiger partial charge in [0.2, 0.25) is 9.76 Å². The summed E-state index contributed by atoms with van der Waals surface area (Å²) in [6, 6.07) is 0. The largest absolute Gasteiger partial charge is 0.416 e. The summed E-state index contributed by atoms with van der Waals surface area (Å²) in [6.07, 6.45) is 10.3. The minimum absolute atomic E-state index is 0.391. The van der Waals surface area contributed by atoms with Gasteiger partial charge < -0.3 is 4.43 Å². The van der Waals surface area contributed by atoms with E-state index in [0.717, 1.165) is 24.4 Å². The third-order valence-electron chi connectivity index (χ3n) is 5.78. The fraction of sp³-hybridized carbons (Fsp3) is 1.00. The van der Waals surface area contributed by atoms with Gasteiger partial charge in [-0.1, -0.05) is 27.2 Å². The smallest absolute Gasteiger partial charge is 0.235 e. The van der Waals surface area contributed by atoms with Gasteiger partial charge in [0.15, 0.2) is 0 Å². The van der Waals surface area contributed by atoms with Gasteiger partial charge in [-0.2, -0.15) is 0 Å². The highest BCUT2D eigenvalue weighted by molar-refractivity contribution is 6.31. The Morgan fingerprint density at radius 3 is 2.00 bits per heavy atom. The first-order valence-electron chi connectivity index (χ1n) is 7.89. The van der Waals surface area contributed by atoms with Crippen molar-refractivity contribution in [3.8, 4) is 0 Å². The molecule has 1 nitrogen and oxygen atoms in total. The van der Waals surface area contributed by atoms with Crippen LogP contribution in [0.3, 0.4) is 0 Å². The minimum Gasteiger partial charge on any atom is -0.416 e. The number of hydrogen-bond acceptors (Lipinski definition) is 1. The van der Waals surface area contributed by atoms with E-state index in [-0.39, 0.29) is 0 Å². The van der Waals surface area contributed by atoms with Crippen molar-refractivity contribution in [1.82, 2.24) is 0 Å². The Bertz CT molecular complexity index is 275. The van der Waals surface area contributed by atoms with Crippen LogP contribution < -0.4 is 0 Å². The second kappa shape index (κ2) is 4.62. The lowest BCUT2D eigenvalue weighted by molar-refractivity contribution is -0.0748. The molecule has 0 aromatic carbocycles. The van der Waals surface area contributed by atoms with E-state index in [1.54, 1.807) is 19.3 Å². The average molecular weight is 264 g/mol. The molecule has 0 N–H and O–H groups in total. The van der Waals surface area contributed by atoms with E-state index in [1.807, 2.05) is 0 Å². The Kier molecular flexibility index (Phi) is 3.38. The molecule has 0 amide bonds. The van der Waals surface area contributed by atoms with Gasteiger partial charge in [0, 0.05) is 6.61 Å². The van der Waals surface area contributed by atoms with E-state index in [9.17, 15) is 0 Å². The predicted octanol–water partition coefficient (Wildman–Crippen LogP) is 4.45. The molecular formula is C16H28OSi. The predicted molar refractivity (Wildman–Crippen MR) is 76.6 cm³/mol. The second-order valence-corrected chi connectivity index (χ2v) is 9.89. The van der Waals surface area contributed by atoms with Crippen molar-refractivity contribution < 1.29 is 4.43 Å². The van der Waals surface area contributed by atoms with E-state index in [0.29, 0.717) is 20.2 Å². The lowest BCUT2D eigenvalue weighted by Crippen LogP contribution is -2.48. The van der Waals surface area contributed by atoms with Gasteiger partial charge in [-0.3, -0.25) is 0 Å². The maximum absolute atomic E-state index is 6.20. The van der Waals surface area contributed by atoms with E-state index < -0.39 is 0 Å². The Morgan fingerprint density at radius 1 is 1.06 bits per heavy atom. The minimum atomic E-state index is 0.391. The molecule has 0 aliphatic heterocycles. The van der Waals surface area contributed by atoms with Crippen molar-refractivity contribution in [2.75, 3.05) is 6.61 Å². The average Bonchev–Trinajstić information content (AvgIpc) is 2.26. The third kappa shape index (κ3) is 2.56. The first-order valence-corrected chi connectivity index (χ1v) is 8.80. The molecule has 0 spiro atoms. The molecule has 4 fully saturated rings. The molecule has 4 rings (SSSR count). The quantitative estimate of drug-likeness (QED) is 0.667. The molecule has 4 aliphatic rings. The van der Waals surface area contributed by atoms with Crippen LogP contribution in [0.2, 0.25) is 5.04 Å². The highest BCUT2D eigenvalue weighted by atomic mass is 28.2. The summed E-state index contributed by atoms with van der Waals surface area (Å²) in [5, 5.41) is 0.391. The van der Waals surface area contributed by atoms with E-state index in [1.165, 1.54) is 25.7 Å². The molecule has 4 bridgehead atoms. The topological polar surface area (TPSA) is 9.23 Å². The van der Waals surface area contributed by atoms with Crippen molar-refractivity contribution in [1.29, 1.82) is 0 Å². The molecule has 102 valence electrons. The molecule has 4 aliphatic carbocycles. The van der Waals surface area contributed by atoms with Crippen LogP contribution in [0.5, 0.6) is 0 Å². The van der Waals surface area contributed by atoms with E-state index in [4.69, 9.17) is 4.43 Å². The molecule has 0 heterocycles. The van der Waals surface area contributed by atoms with Gasteiger partial charge in [0.1, 0.15) is 0 Å². The van der Waals surface area contributed by atoms with Crippen LogP contribution in [-0.2, 0) is 4.43 Å². The van der Waals surface area contributed by atoms with Crippen molar-refractivity contribution in [3.63, 3.8) is 0 Å². The number of hydrogen-bond donors (Lipinski definition) is 0. The van der Waals surface area contributed by atoms with Gasteiger partial charge in [0.25, 0.3) is 0 Å². The Hall–Kier alpha value is 0.177. The fourth-order valence-electron chi connectivity index (χ4n) is 4.92. The monoisotopic (exact) mass is 264 g/mol. The van der Waals surface area contributed by atoms with Gasteiger partial charge in [0.05, 0.1) is 0 Å². The Balaban J connectivity index is 1.56. The normalized spacial score (nSPS) is 42.5. The van der Waals surface area contributed by atoms with Crippen molar-refractivity contribution in [3.05, 3.63) is 0 Å². The summed E-state index contributed by atoms with van der Waals surface area (Å²) in [6.45, 7) is 8.02. The zero-order valence-corrected chi connectivity index (χ0v) is 13.3. The highest BCUT2D eigenvalue weighted by Gasteiger charge is 2.50. The molecule has 2 heteroatoms. The van der Waals surface area contributed by atoms with Crippen LogP contribution in [0.1, 0.15) is 65.7 Å². The van der Waals surface area contributed by atoms with E-state index in [2.05, 4.69) is 20.8 Å². The van der Waals surface area contributed by atoms with Crippen molar-refractivity contribution >= 4 is 9.76 Å². The summed E-state index contributed by atoms with van der Waals surface area (Å²) in [5.41, 5.74) is 0.603. The lowest BCUT2D eigenvalue weighted by atomic mass is 9.50. The maximum atomic E-state index is 6.20. The Morgan fingerprint density at radius 2 is 1.56 bits per heavy atom. The fourth-order valence-corrected chi connectivity index (χ4v) is 5.84. The van der Waals surface area contributed by atoms with Crippen molar-refractivity contribution in [2.45, 2.75) is 70.8 Å².